The molecule has 0 unspecified atom stereocenters. The molecule has 0 aliphatic rings. The van der Waals surface area contributed by atoms with Crippen molar-refractivity contribution in [1.82, 2.24) is 5.32 Å². The number of aliphatic carboxylic acids is 1. The molecular weight excluding hydrogens is 310 g/mol. The molecule has 6 nitrogen and oxygen atoms in total. The molecule has 126 valence electrons. The molecule has 2 aromatic carbocycles. The Kier molecular flexibility index (Phi) is 5.92. The topological polar surface area (TPSA) is 107 Å². The number of rotatable bonds is 7. The number of benzene rings is 2. The van der Waals surface area contributed by atoms with Crippen LogP contribution in [0.4, 0.5) is 0 Å². The summed E-state index contributed by atoms with van der Waals surface area (Å²) in [4.78, 5) is 23.4. The molecule has 4 N–H and O–H groups in total. The van der Waals surface area contributed by atoms with Crippen LogP contribution >= 0.6 is 0 Å². The molecule has 0 bridgehead atoms. The number of hydrogen-bond donors (Lipinski definition) is 4. The van der Waals surface area contributed by atoms with Gasteiger partial charge >= 0.3 is 5.97 Å². The van der Waals surface area contributed by atoms with Crippen LogP contribution in [-0.2, 0) is 22.4 Å². The normalized spacial score (nSPS) is 13.0. The van der Waals surface area contributed by atoms with E-state index in [0.717, 1.165) is 5.56 Å². The average Bonchev–Trinajstić information content (AvgIpc) is 2.56. The van der Waals surface area contributed by atoms with E-state index in [0.29, 0.717) is 5.56 Å². The van der Waals surface area contributed by atoms with E-state index in [1.165, 1.54) is 12.1 Å². The minimum atomic E-state index is -1.32. The van der Waals surface area contributed by atoms with Gasteiger partial charge < -0.3 is 20.6 Å². The van der Waals surface area contributed by atoms with Crippen molar-refractivity contribution < 1.29 is 24.9 Å². The number of carbonyl (C=O) groups is 2. The Morgan fingerprint density at radius 2 is 1.50 bits per heavy atom. The predicted molar refractivity (Wildman–Crippen MR) is 87.5 cm³/mol. The first kappa shape index (κ1) is 17.5. The average molecular weight is 329 g/mol. The number of hydrogen-bond acceptors (Lipinski definition) is 4. The van der Waals surface area contributed by atoms with Crippen molar-refractivity contribution in [2.24, 2.45) is 0 Å². The molecule has 6 heteroatoms. The van der Waals surface area contributed by atoms with Crippen molar-refractivity contribution in [3.05, 3.63) is 65.7 Å². The number of aromatic hydroxyl groups is 1. The first-order valence-corrected chi connectivity index (χ1v) is 7.49. The van der Waals surface area contributed by atoms with Crippen LogP contribution in [0.25, 0.3) is 0 Å². The molecule has 2 rings (SSSR count). The third-order valence-corrected chi connectivity index (χ3v) is 3.57. The molecule has 0 fully saturated rings. The molecule has 1 amide bonds. The van der Waals surface area contributed by atoms with E-state index in [1.807, 2.05) is 6.07 Å². The number of carboxylic acid groups (broad SMARTS) is 1. The van der Waals surface area contributed by atoms with Crippen molar-refractivity contribution in [2.75, 3.05) is 0 Å². The summed E-state index contributed by atoms with van der Waals surface area (Å²) in [6.07, 6.45) is -1.16. The van der Waals surface area contributed by atoms with Crippen LogP contribution in [0.2, 0.25) is 0 Å². The van der Waals surface area contributed by atoms with E-state index in [-0.39, 0.29) is 18.6 Å². The summed E-state index contributed by atoms with van der Waals surface area (Å²) in [6, 6.07) is 13.9. The van der Waals surface area contributed by atoms with E-state index in [4.69, 9.17) is 0 Å². The first-order valence-electron chi connectivity index (χ1n) is 7.49. The number of carboxylic acids is 1. The number of carbonyl (C=O) groups excluding carboxylic acids is 1. The van der Waals surface area contributed by atoms with Gasteiger partial charge in [0.05, 0.1) is 0 Å². The van der Waals surface area contributed by atoms with Gasteiger partial charge in [-0.2, -0.15) is 0 Å². The van der Waals surface area contributed by atoms with Gasteiger partial charge in [0.1, 0.15) is 17.9 Å². The lowest BCUT2D eigenvalue weighted by Crippen LogP contribution is -2.47. The van der Waals surface area contributed by atoms with E-state index in [2.05, 4.69) is 5.32 Å². The second-order valence-corrected chi connectivity index (χ2v) is 5.48. The smallest absolute Gasteiger partial charge is 0.326 e. The lowest BCUT2D eigenvalue weighted by molar-refractivity contribution is -0.143. The van der Waals surface area contributed by atoms with Crippen LogP contribution in [0.5, 0.6) is 5.75 Å². The zero-order chi connectivity index (χ0) is 17.5. The highest BCUT2D eigenvalue weighted by Crippen LogP contribution is 2.12. The highest BCUT2D eigenvalue weighted by atomic mass is 16.4. The lowest BCUT2D eigenvalue weighted by atomic mass is 10.0. The third kappa shape index (κ3) is 5.10. The molecular formula is C18H19NO5. The van der Waals surface area contributed by atoms with Crippen LogP contribution in [0.3, 0.4) is 0 Å². The third-order valence-electron chi connectivity index (χ3n) is 3.57. The van der Waals surface area contributed by atoms with Gasteiger partial charge in [-0.3, -0.25) is 4.79 Å². The Balaban J connectivity index is 1.97. The fourth-order valence-corrected chi connectivity index (χ4v) is 2.27. The Labute approximate surface area is 139 Å². The molecule has 0 aliphatic carbocycles. The summed E-state index contributed by atoms with van der Waals surface area (Å²) >= 11 is 0. The van der Waals surface area contributed by atoms with Crippen LogP contribution in [0, 0.1) is 0 Å². The number of phenols is 1. The Hall–Kier alpha value is -2.86. The monoisotopic (exact) mass is 329 g/mol. The van der Waals surface area contributed by atoms with E-state index in [1.54, 1.807) is 36.4 Å². The summed E-state index contributed by atoms with van der Waals surface area (Å²) in [7, 11) is 0. The summed E-state index contributed by atoms with van der Waals surface area (Å²) in [5.74, 6) is -1.85. The highest BCUT2D eigenvalue weighted by Gasteiger charge is 2.24. The molecule has 0 spiro atoms. The van der Waals surface area contributed by atoms with Gasteiger partial charge in [0, 0.05) is 12.8 Å². The lowest BCUT2D eigenvalue weighted by Gasteiger charge is -2.17. The van der Waals surface area contributed by atoms with Crippen LogP contribution < -0.4 is 5.32 Å². The minimum Gasteiger partial charge on any atom is -0.508 e. The zero-order valence-corrected chi connectivity index (χ0v) is 12.9. The van der Waals surface area contributed by atoms with Crippen molar-refractivity contribution in [1.29, 1.82) is 0 Å². The number of nitrogens with one attached hydrogen (secondary N) is 1. The second kappa shape index (κ2) is 8.12. The molecule has 2 aromatic rings. The van der Waals surface area contributed by atoms with Gasteiger partial charge in [-0.25, -0.2) is 4.79 Å². The van der Waals surface area contributed by atoms with Gasteiger partial charge in [0.25, 0.3) is 0 Å². The highest BCUT2D eigenvalue weighted by molar-refractivity contribution is 5.86. The first-order chi connectivity index (χ1) is 11.5. The quantitative estimate of drug-likeness (QED) is 0.609. The van der Waals surface area contributed by atoms with Crippen molar-refractivity contribution in [3.8, 4) is 5.75 Å². The summed E-state index contributed by atoms with van der Waals surface area (Å²) < 4.78 is 0. The van der Waals surface area contributed by atoms with Gasteiger partial charge in [0.2, 0.25) is 5.91 Å². The van der Waals surface area contributed by atoms with Crippen molar-refractivity contribution in [2.45, 2.75) is 25.0 Å². The molecule has 0 saturated carbocycles. The molecule has 0 aliphatic heterocycles. The molecule has 2 atom stereocenters. The van der Waals surface area contributed by atoms with Crippen LogP contribution in [0.1, 0.15) is 11.1 Å². The maximum Gasteiger partial charge on any atom is 0.326 e. The number of aliphatic hydroxyl groups excluding tert-OH is 1. The molecule has 0 saturated heterocycles. The molecule has 0 radical (unpaired) electrons. The standard InChI is InChI=1S/C18H19NO5/c20-14-8-6-13(7-9-14)10-15(18(23)24)19-17(22)16(21)11-12-4-2-1-3-5-12/h1-9,15-16,20-21H,10-11H2,(H,19,22)(H,23,24)/t15-,16+/m1/s1. The number of amides is 1. The van der Waals surface area contributed by atoms with Crippen LogP contribution in [-0.4, -0.2) is 39.3 Å². The Morgan fingerprint density at radius 1 is 0.917 bits per heavy atom. The largest absolute Gasteiger partial charge is 0.508 e. The molecule has 24 heavy (non-hydrogen) atoms. The fourth-order valence-electron chi connectivity index (χ4n) is 2.27. The molecule has 0 heterocycles. The van der Waals surface area contributed by atoms with E-state index in [9.17, 15) is 24.9 Å². The summed E-state index contributed by atoms with van der Waals surface area (Å²) in [6.45, 7) is 0. The van der Waals surface area contributed by atoms with Gasteiger partial charge in [-0.15, -0.1) is 0 Å². The van der Waals surface area contributed by atoms with Crippen LogP contribution in [0.15, 0.2) is 54.6 Å². The van der Waals surface area contributed by atoms with Gasteiger partial charge in [0.15, 0.2) is 0 Å². The predicted octanol–water partition coefficient (Wildman–Crippen LogP) is 1.11. The van der Waals surface area contributed by atoms with E-state index >= 15 is 0 Å². The Morgan fingerprint density at radius 3 is 2.08 bits per heavy atom. The fraction of sp³-hybridized carbons (Fsp3) is 0.222. The SMILES string of the molecule is O=C(N[C@H](Cc1ccc(O)cc1)C(=O)O)[C@@H](O)Cc1ccccc1. The van der Waals surface area contributed by atoms with Crippen molar-refractivity contribution in [3.63, 3.8) is 0 Å². The number of aliphatic hydroxyl groups is 1. The molecule has 0 aromatic heterocycles. The van der Waals surface area contributed by atoms with Gasteiger partial charge in [-0.1, -0.05) is 42.5 Å². The van der Waals surface area contributed by atoms with Gasteiger partial charge in [-0.05, 0) is 23.3 Å². The second-order valence-electron chi connectivity index (χ2n) is 5.48. The summed E-state index contributed by atoms with van der Waals surface area (Å²) in [5, 5.41) is 30.8. The Bertz CT molecular complexity index is 684. The maximum absolute atomic E-state index is 12.0. The van der Waals surface area contributed by atoms with Crippen molar-refractivity contribution >= 4 is 11.9 Å². The summed E-state index contributed by atoms with van der Waals surface area (Å²) in [5.41, 5.74) is 1.43. The minimum absolute atomic E-state index is 0.0550. The van der Waals surface area contributed by atoms with E-state index < -0.39 is 24.0 Å². The maximum atomic E-state index is 12.0. The zero-order valence-electron chi connectivity index (χ0n) is 12.9. The number of phenolic OH excluding ortho intramolecular Hbond substituents is 1.